The summed E-state index contributed by atoms with van der Waals surface area (Å²) >= 11 is 0. The minimum atomic E-state index is -0.918. The first-order chi connectivity index (χ1) is 58.6. The van der Waals surface area contributed by atoms with Gasteiger partial charge in [-0.2, -0.15) is 0 Å². The number of aliphatic hydroxyl groups excluding tert-OH is 1. The minimum absolute atomic E-state index is 0.00418. The van der Waals surface area contributed by atoms with E-state index in [1.54, 1.807) is 19.1 Å². The van der Waals surface area contributed by atoms with Gasteiger partial charge in [-0.1, -0.05) is 256 Å². The summed E-state index contributed by atoms with van der Waals surface area (Å²) in [7, 11) is 0. The Labute approximate surface area is 719 Å². The van der Waals surface area contributed by atoms with E-state index < -0.39 is 29.4 Å². The Bertz CT molecular complexity index is 4570. The standard InChI is InChI=1S/C35H30O6.C23H26O4.C21H24O2.C10H16O5.C7H10O.C6H10O2/c1-3-33(36)40-23-21-38-27-17-13-25(14-18-27)35(26-15-19-28(20-16-26)39-22-24-41-34(37)4-2)31-11-7-5-9-29(31)30-10-6-8-12-32(30)35;1-5-15-25-17-27-22-13-9-19(10-14-22)23(3,4)18-7-11-21(12-8-18)26-16-20(24)6-2;1-5-20(22)23-15-14-17-8-12-19(13-9-17)21(3,4)18-10-6-16(2)7-11-18;1-4-10(12)13-6-9(11)7-15-14-5-8(2)3;1-3-5-6-7(8)4-2;1-3-5-8-6(7)4-2/h3-20H,1-2,21-24H2;5-14H,1-2,15-17H2,3-4H3;5-13H,1,14-15H2,2-4H3;4,9,11H,1-2,5-7H2,3H3;3-4H,1-2,5-6H2;4H,2-3,5H2,1H3. The summed E-state index contributed by atoms with van der Waals surface area (Å²) in [6.45, 7) is 51.0. The molecule has 0 radical (unpaired) electrons. The highest BCUT2D eigenvalue weighted by Crippen LogP contribution is 2.56. The summed E-state index contributed by atoms with van der Waals surface area (Å²) in [5, 5.41) is 9.22. The normalized spacial score (nSPS) is 11.2. The average molecular weight is 1660 g/mol. The number of esters is 5. The van der Waals surface area contributed by atoms with Crippen LogP contribution < -0.4 is 18.9 Å². The lowest BCUT2D eigenvalue weighted by molar-refractivity contribution is -0.300. The summed E-state index contributed by atoms with van der Waals surface area (Å²) in [5.74, 6) is 0.474. The van der Waals surface area contributed by atoms with Crippen molar-refractivity contribution in [1.82, 2.24) is 0 Å². The Hall–Kier alpha value is -13.1. The summed E-state index contributed by atoms with van der Waals surface area (Å²) in [6, 6.07) is 66.1. The fourth-order valence-corrected chi connectivity index (χ4v) is 11.6. The predicted molar refractivity (Wildman–Crippen MR) is 479 cm³/mol. The van der Waals surface area contributed by atoms with Gasteiger partial charge in [0.05, 0.1) is 25.2 Å². The maximum Gasteiger partial charge on any atom is 0.330 e. The van der Waals surface area contributed by atoms with Crippen molar-refractivity contribution in [3.8, 4) is 34.1 Å². The molecule has 0 amide bonds. The summed E-state index contributed by atoms with van der Waals surface area (Å²) in [4.78, 5) is 85.4. The largest absolute Gasteiger partial charge is 0.490 e. The molecule has 1 aliphatic rings. The lowest BCUT2D eigenvalue weighted by Gasteiger charge is -2.34. The van der Waals surface area contributed by atoms with Gasteiger partial charge in [0.2, 0.25) is 0 Å². The van der Waals surface area contributed by atoms with Gasteiger partial charge in [-0.3, -0.25) is 9.59 Å². The number of carbonyl (C=O) groups is 7. The van der Waals surface area contributed by atoms with E-state index in [2.05, 4.69) is 253 Å². The molecule has 0 saturated heterocycles. The summed E-state index contributed by atoms with van der Waals surface area (Å²) in [6.07, 6.45) is 13.6. The van der Waals surface area contributed by atoms with Crippen molar-refractivity contribution in [2.75, 3.05) is 79.5 Å². The molecule has 0 spiro atoms. The van der Waals surface area contributed by atoms with Crippen LogP contribution in [-0.4, -0.2) is 132 Å². The van der Waals surface area contributed by atoms with E-state index >= 15 is 0 Å². The van der Waals surface area contributed by atoms with Crippen LogP contribution in [0.5, 0.6) is 23.0 Å². The molecule has 1 aliphatic carbocycles. The van der Waals surface area contributed by atoms with Crippen molar-refractivity contribution in [1.29, 1.82) is 0 Å². The molecular formula is C102H116O20. The second kappa shape index (κ2) is 55.6. The molecule has 0 aromatic heterocycles. The van der Waals surface area contributed by atoms with Gasteiger partial charge < -0.3 is 52.5 Å². The number of hydrogen-bond donors (Lipinski definition) is 1. The minimum Gasteiger partial charge on any atom is -0.490 e. The SMILES string of the molecule is C=CC(=O)OCC(O)COOCC(=C)C.C=CC(=O)OCCC.C=CC(=O)OCCOc1ccc(C2(c3ccc(OCCOC(=O)C=C)cc3)c3ccccc3-c3ccccc32)cc1.C=CC(=O)OCCc1ccc(C(C)(C)c2ccc(C)cc2)cc1.C=CCCC(=O)C=C.C=CCOCOc1ccc(C(C)(C)c2ccc(OCC(=O)C=C)cc2)cc1. The van der Waals surface area contributed by atoms with Gasteiger partial charge >= 0.3 is 29.8 Å². The predicted octanol–water partition coefficient (Wildman–Crippen LogP) is 19.0. The van der Waals surface area contributed by atoms with E-state index in [0.717, 1.165) is 76.3 Å². The average Bonchev–Trinajstić information content (AvgIpc) is 1.54. The van der Waals surface area contributed by atoms with Crippen LogP contribution in [0.1, 0.15) is 116 Å². The number of carbonyl (C=O) groups excluding carboxylic acids is 7. The number of benzene rings is 8. The number of ketones is 2. The lowest BCUT2D eigenvalue weighted by atomic mass is 9.68. The third kappa shape index (κ3) is 34.7. The molecule has 1 unspecified atom stereocenters. The second-order valence-corrected chi connectivity index (χ2v) is 28.1. The van der Waals surface area contributed by atoms with Gasteiger partial charge in [-0.05, 0) is 149 Å². The zero-order valence-corrected chi connectivity index (χ0v) is 71.3. The molecule has 8 aromatic carbocycles. The molecule has 20 heteroatoms. The van der Waals surface area contributed by atoms with Crippen LogP contribution in [0.2, 0.25) is 0 Å². The number of ether oxygens (including phenoxy) is 10. The molecule has 0 saturated carbocycles. The number of fused-ring (bicyclic) bond motifs is 3. The van der Waals surface area contributed by atoms with Gasteiger partial charge in [0.15, 0.2) is 25.0 Å². The topological polar surface area (TPSA) is 250 Å². The monoisotopic (exact) mass is 1660 g/mol. The molecule has 1 N–H and O–H groups in total. The fraction of sp³-hybridized carbons (Fsp3) is 0.265. The molecule has 0 fully saturated rings. The van der Waals surface area contributed by atoms with Gasteiger partial charge in [0.1, 0.15) is 75.4 Å². The maximum absolute atomic E-state index is 11.3. The molecule has 0 aliphatic heterocycles. The molecule has 0 bridgehead atoms. The van der Waals surface area contributed by atoms with E-state index in [0.29, 0.717) is 49.9 Å². The van der Waals surface area contributed by atoms with Crippen LogP contribution in [0, 0.1) is 6.92 Å². The first kappa shape index (κ1) is 101. The van der Waals surface area contributed by atoms with E-state index in [1.807, 2.05) is 67.6 Å². The maximum atomic E-state index is 11.3. The Kier molecular flexibility index (Phi) is 46.1. The first-order valence-corrected chi connectivity index (χ1v) is 39.6. The molecule has 1 atom stereocenters. The summed E-state index contributed by atoms with van der Waals surface area (Å²) in [5.41, 5.74) is 14.3. The number of aryl methyl sites for hydroxylation is 1. The third-order valence-electron chi connectivity index (χ3n) is 18.3. The van der Waals surface area contributed by atoms with E-state index in [1.165, 1.54) is 57.2 Å². The molecule has 9 rings (SSSR count). The van der Waals surface area contributed by atoms with Crippen molar-refractivity contribution < 1.29 is 95.8 Å². The van der Waals surface area contributed by atoms with Crippen molar-refractivity contribution in [3.05, 3.63) is 376 Å². The zero-order chi connectivity index (χ0) is 89.7. The first-order valence-electron chi connectivity index (χ1n) is 39.6. The van der Waals surface area contributed by atoms with Crippen LogP contribution in [0.15, 0.2) is 320 Å². The zero-order valence-electron chi connectivity index (χ0n) is 71.3. The molecule has 122 heavy (non-hydrogen) atoms. The molecule has 644 valence electrons. The molecular weight excluding hydrogens is 1550 g/mol. The second-order valence-electron chi connectivity index (χ2n) is 28.1. The van der Waals surface area contributed by atoms with Crippen molar-refractivity contribution >= 4 is 41.4 Å². The van der Waals surface area contributed by atoms with Crippen LogP contribution >= 0.6 is 0 Å². The number of aliphatic hydroxyl groups is 1. The molecule has 8 aromatic rings. The Balaban J connectivity index is 0.000000337. The van der Waals surface area contributed by atoms with Crippen LogP contribution in [0.25, 0.3) is 11.1 Å². The van der Waals surface area contributed by atoms with E-state index in [4.69, 9.17) is 37.9 Å². The number of hydrogen-bond acceptors (Lipinski definition) is 20. The van der Waals surface area contributed by atoms with Crippen molar-refractivity contribution in [2.45, 2.75) is 96.5 Å². The van der Waals surface area contributed by atoms with Gasteiger partial charge in [-0.25, -0.2) is 33.7 Å². The van der Waals surface area contributed by atoms with Crippen molar-refractivity contribution in [3.63, 3.8) is 0 Å². The van der Waals surface area contributed by atoms with Gasteiger partial charge in [0, 0.05) is 54.1 Å². The Morgan fingerprint density at radius 1 is 0.418 bits per heavy atom. The Morgan fingerprint density at radius 2 is 0.811 bits per heavy atom. The highest BCUT2D eigenvalue weighted by molar-refractivity contribution is 5.91. The van der Waals surface area contributed by atoms with Crippen molar-refractivity contribution in [2.24, 2.45) is 0 Å². The van der Waals surface area contributed by atoms with E-state index in [9.17, 15) is 38.7 Å². The third-order valence-corrected chi connectivity index (χ3v) is 18.3. The number of allylic oxidation sites excluding steroid dienone is 2. The highest BCUT2D eigenvalue weighted by atomic mass is 17.2. The van der Waals surface area contributed by atoms with Crippen LogP contribution in [0.4, 0.5) is 0 Å². The molecule has 20 nitrogen and oxygen atoms in total. The fourth-order valence-electron chi connectivity index (χ4n) is 11.6. The quantitative estimate of drug-likeness (QED) is 0.00544. The summed E-state index contributed by atoms with van der Waals surface area (Å²) < 4.78 is 52.0. The van der Waals surface area contributed by atoms with E-state index in [-0.39, 0.29) is 94.0 Å². The number of rotatable bonds is 44. The Morgan fingerprint density at radius 3 is 1.23 bits per heavy atom. The van der Waals surface area contributed by atoms with Gasteiger partial charge in [0.25, 0.3) is 0 Å². The van der Waals surface area contributed by atoms with Crippen LogP contribution in [0.3, 0.4) is 0 Å². The lowest BCUT2D eigenvalue weighted by Crippen LogP contribution is -2.28. The van der Waals surface area contributed by atoms with Gasteiger partial charge in [-0.15, -0.1) is 13.2 Å². The van der Waals surface area contributed by atoms with Crippen LogP contribution in [-0.2, 0) is 94.4 Å². The smallest absolute Gasteiger partial charge is 0.330 e. The molecule has 0 heterocycles. The highest BCUT2D eigenvalue weighted by Gasteiger charge is 2.46.